The van der Waals surface area contributed by atoms with Gasteiger partial charge in [-0.25, -0.2) is 0 Å². The van der Waals surface area contributed by atoms with E-state index in [1.807, 2.05) is 0 Å². The maximum absolute atomic E-state index is 9.13. The fraction of sp³-hybridized carbons (Fsp3) is 0.400. The van der Waals surface area contributed by atoms with Gasteiger partial charge in [0.2, 0.25) is 0 Å². The molecular weight excluding hydrogens is 202 g/mol. The van der Waals surface area contributed by atoms with Gasteiger partial charge < -0.3 is 15.6 Å². The Hall–Kier alpha value is -0.770. The Morgan fingerprint density at radius 3 is 2.71 bits per heavy atom. The van der Waals surface area contributed by atoms with Crippen molar-refractivity contribution in [3.8, 4) is 5.75 Å². The second kappa shape index (κ2) is 4.17. The highest BCUT2D eigenvalue weighted by molar-refractivity contribution is 6.32. The van der Waals surface area contributed by atoms with Crippen molar-refractivity contribution in [2.24, 2.45) is 5.73 Å². The lowest BCUT2D eigenvalue weighted by Gasteiger charge is -2.24. The number of nitrogens with two attached hydrogens (primary N) is 1. The molecule has 0 heterocycles. The summed E-state index contributed by atoms with van der Waals surface area (Å²) < 4.78 is 5.14. The monoisotopic (exact) mass is 215 g/mol. The number of ether oxygens (including phenoxy) is 1. The van der Waals surface area contributed by atoms with Gasteiger partial charge in [-0.3, -0.25) is 0 Å². The van der Waals surface area contributed by atoms with Gasteiger partial charge in [0.1, 0.15) is 5.75 Å². The van der Waals surface area contributed by atoms with Gasteiger partial charge in [-0.15, -0.1) is 0 Å². The summed E-state index contributed by atoms with van der Waals surface area (Å²) in [6.07, 6.45) is 0. The highest BCUT2D eigenvalue weighted by Crippen LogP contribution is 2.33. The summed E-state index contributed by atoms with van der Waals surface area (Å²) in [6.45, 7) is 1.56. The van der Waals surface area contributed by atoms with Crippen LogP contribution in [0.1, 0.15) is 12.5 Å². The van der Waals surface area contributed by atoms with E-state index in [4.69, 9.17) is 27.2 Å². The van der Waals surface area contributed by atoms with E-state index in [0.717, 1.165) is 0 Å². The molecule has 1 atom stereocenters. The van der Waals surface area contributed by atoms with Crippen molar-refractivity contribution >= 4 is 11.6 Å². The second-order valence-corrected chi connectivity index (χ2v) is 3.80. The van der Waals surface area contributed by atoms with Crippen molar-refractivity contribution < 1.29 is 9.84 Å². The van der Waals surface area contributed by atoms with Gasteiger partial charge in [-0.1, -0.05) is 23.7 Å². The molecular formula is C10H14ClNO2. The SMILES string of the molecule is COc1c(Cl)cccc1[C@](C)(N)CO. The standard InChI is InChI=1S/C10H14ClNO2/c1-10(12,6-13)7-4-3-5-8(11)9(7)14-2/h3-5,13H,6,12H2,1-2H3/t10-/m1/s1. The first-order valence-corrected chi connectivity index (χ1v) is 4.63. The summed E-state index contributed by atoms with van der Waals surface area (Å²) in [7, 11) is 1.53. The quantitative estimate of drug-likeness (QED) is 0.804. The van der Waals surface area contributed by atoms with Gasteiger partial charge in [0, 0.05) is 5.56 Å². The topological polar surface area (TPSA) is 55.5 Å². The number of hydrogen-bond acceptors (Lipinski definition) is 3. The Morgan fingerprint density at radius 2 is 2.21 bits per heavy atom. The number of methoxy groups -OCH3 is 1. The third-order valence-corrected chi connectivity index (χ3v) is 2.41. The molecule has 4 heteroatoms. The maximum atomic E-state index is 9.13. The lowest BCUT2D eigenvalue weighted by Crippen LogP contribution is -2.37. The summed E-state index contributed by atoms with van der Waals surface area (Å²) in [5, 5.41) is 9.63. The van der Waals surface area contributed by atoms with Crippen LogP contribution in [0, 0.1) is 0 Å². The summed E-state index contributed by atoms with van der Waals surface area (Å²) in [5.74, 6) is 0.521. The average Bonchev–Trinajstić information content (AvgIpc) is 2.17. The summed E-state index contributed by atoms with van der Waals surface area (Å²) >= 11 is 5.93. The maximum Gasteiger partial charge on any atom is 0.142 e. The van der Waals surface area contributed by atoms with Crippen LogP contribution < -0.4 is 10.5 Å². The van der Waals surface area contributed by atoms with Crippen molar-refractivity contribution in [2.75, 3.05) is 13.7 Å². The highest BCUT2D eigenvalue weighted by Gasteiger charge is 2.25. The van der Waals surface area contributed by atoms with Crippen LogP contribution in [0.4, 0.5) is 0 Å². The first-order chi connectivity index (χ1) is 6.53. The Labute approximate surface area is 88.4 Å². The summed E-state index contributed by atoms with van der Waals surface area (Å²) in [5.41, 5.74) is 5.76. The largest absolute Gasteiger partial charge is 0.495 e. The molecule has 0 aliphatic carbocycles. The molecule has 0 aliphatic heterocycles. The van der Waals surface area contributed by atoms with Crippen molar-refractivity contribution in [2.45, 2.75) is 12.5 Å². The Balaban J connectivity index is 3.27. The molecule has 0 amide bonds. The highest BCUT2D eigenvalue weighted by atomic mass is 35.5. The number of halogens is 1. The van der Waals surface area contributed by atoms with E-state index < -0.39 is 5.54 Å². The number of para-hydroxylation sites is 1. The Kier molecular flexibility index (Phi) is 3.37. The first-order valence-electron chi connectivity index (χ1n) is 4.25. The smallest absolute Gasteiger partial charge is 0.142 e. The summed E-state index contributed by atoms with van der Waals surface area (Å²) in [6, 6.07) is 5.29. The van der Waals surface area contributed by atoms with Crippen molar-refractivity contribution in [1.29, 1.82) is 0 Å². The molecule has 0 saturated carbocycles. The zero-order valence-corrected chi connectivity index (χ0v) is 9.01. The molecule has 1 aromatic carbocycles. The van der Waals surface area contributed by atoms with Crippen LogP contribution in [-0.4, -0.2) is 18.8 Å². The zero-order valence-electron chi connectivity index (χ0n) is 8.25. The van der Waals surface area contributed by atoms with E-state index in [-0.39, 0.29) is 6.61 Å². The molecule has 1 aromatic rings. The predicted octanol–water partition coefficient (Wildman–Crippen LogP) is 1.51. The molecule has 0 bridgehead atoms. The zero-order chi connectivity index (χ0) is 10.8. The molecule has 78 valence electrons. The van der Waals surface area contributed by atoms with E-state index in [1.165, 1.54) is 7.11 Å². The summed E-state index contributed by atoms with van der Waals surface area (Å²) in [4.78, 5) is 0. The minimum absolute atomic E-state index is 0.163. The molecule has 14 heavy (non-hydrogen) atoms. The normalized spacial score (nSPS) is 14.9. The molecule has 0 saturated heterocycles. The van der Waals surface area contributed by atoms with E-state index in [1.54, 1.807) is 25.1 Å². The van der Waals surface area contributed by atoms with Crippen LogP contribution in [0.15, 0.2) is 18.2 Å². The van der Waals surface area contributed by atoms with Crippen LogP contribution >= 0.6 is 11.6 Å². The van der Waals surface area contributed by atoms with E-state index in [9.17, 15) is 0 Å². The minimum atomic E-state index is -0.837. The van der Waals surface area contributed by atoms with Crippen LogP contribution in [0.2, 0.25) is 5.02 Å². The van der Waals surface area contributed by atoms with Crippen molar-refractivity contribution in [3.05, 3.63) is 28.8 Å². The predicted molar refractivity (Wildman–Crippen MR) is 56.6 cm³/mol. The van der Waals surface area contributed by atoms with Gasteiger partial charge in [0.05, 0.1) is 24.3 Å². The van der Waals surface area contributed by atoms with Gasteiger partial charge in [0.25, 0.3) is 0 Å². The molecule has 0 spiro atoms. The van der Waals surface area contributed by atoms with Gasteiger partial charge >= 0.3 is 0 Å². The minimum Gasteiger partial charge on any atom is -0.495 e. The van der Waals surface area contributed by atoms with Gasteiger partial charge in [-0.2, -0.15) is 0 Å². The van der Waals surface area contributed by atoms with Gasteiger partial charge in [0.15, 0.2) is 0 Å². The van der Waals surface area contributed by atoms with Crippen LogP contribution in [-0.2, 0) is 5.54 Å². The fourth-order valence-corrected chi connectivity index (χ4v) is 1.50. The number of benzene rings is 1. The lowest BCUT2D eigenvalue weighted by atomic mass is 9.93. The van der Waals surface area contributed by atoms with Crippen molar-refractivity contribution in [1.82, 2.24) is 0 Å². The molecule has 0 unspecified atom stereocenters. The van der Waals surface area contributed by atoms with Crippen molar-refractivity contribution in [3.63, 3.8) is 0 Å². The second-order valence-electron chi connectivity index (χ2n) is 3.40. The molecule has 3 N–H and O–H groups in total. The van der Waals surface area contributed by atoms with E-state index in [2.05, 4.69) is 0 Å². The van der Waals surface area contributed by atoms with E-state index in [0.29, 0.717) is 16.3 Å². The number of rotatable bonds is 3. The first kappa shape index (κ1) is 11.3. The lowest BCUT2D eigenvalue weighted by molar-refractivity contribution is 0.206. The van der Waals surface area contributed by atoms with E-state index >= 15 is 0 Å². The molecule has 0 aliphatic rings. The van der Waals surface area contributed by atoms with Gasteiger partial charge in [-0.05, 0) is 13.0 Å². The number of aliphatic hydroxyl groups excluding tert-OH is 1. The molecule has 3 nitrogen and oxygen atoms in total. The average molecular weight is 216 g/mol. The Morgan fingerprint density at radius 1 is 1.57 bits per heavy atom. The fourth-order valence-electron chi connectivity index (χ4n) is 1.25. The third kappa shape index (κ3) is 2.00. The number of hydrogen-bond donors (Lipinski definition) is 2. The van der Waals surface area contributed by atoms with Crippen LogP contribution in [0.3, 0.4) is 0 Å². The molecule has 1 rings (SSSR count). The Bertz CT molecular complexity index is 326. The number of aliphatic hydroxyl groups is 1. The third-order valence-electron chi connectivity index (χ3n) is 2.11. The molecule has 0 fully saturated rings. The van der Waals surface area contributed by atoms with Crippen LogP contribution in [0.25, 0.3) is 0 Å². The molecule has 0 aromatic heterocycles. The van der Waals surface area contributed by atoms with Crippen LogP contribution in [0.5, 0.6) is 5.75 Å². The molecule has 0 radical (unpaired) electrons.